The van der Waals surface area contributed by atoms with E-state index in [2.05, 4.69) is 15.5 Å². The lowest BCUT2D eigenvalue weighted by molar-refractivity contribution is 0.306. The highest BCUT2D eigenvalue weighted by Crippen LogP contribution is 2.31. The van der Waals surface area contributed by atoms with E-state index in [4.69, 9.17) is 26.6 Å². The Morgan fingerprint density at radius 1 is 1.33 bits per heavy atom. The number of pyridine rings is 1. The summed E-state index contributed by atoms with van der Waals surface area (Å²) in [5.74, 6) is 0.739. The minimum atomic E-state index is -0.419. The summed E-state index contributed by atoms with van der Waals surface area (Å²) in [7, 11) is 1.67. The number of rotatable bonds is 3. The summed E-state index contributed by atoms with van der Waals surface area (Å²) in [6.07, 6.45) is 4.24. The largest absolute Gasteiger partial charge is 0.485 e. The summed E-state index contributed by atoms with van der Waals surface area (Å²) in [5.41, 5.74) is 19.5. The molecule has 1 aromatic heterocycles. The van der Waals surface area contributed by atoms with E-state index in [0.717, 1.165) is 24.0 Å². The van der Waals surface area contributed by atoms with Gasteiger partial charge in [-0.3, -0.25) is 10.4 Å². The van der Waals surface area contributed by atoms with E-state index in [1.807, 2.05) is 0 Å². The molecule has 1 saturated carbocycles. The fourth-order valence-corrected chi connectivity index (χ4v) is 3.71. The number of ether oxygens (including phenoxy) is 1. The molecule has 8 nitrogen and oxygen atoms in total. The zero-order valence-corrected chi connectivity index (χ0v) is 18.8. The van der Waals surface area contributed by atoms with Crippen molar-refractivity contribution in [3.05, 3.63) is 64.2 Å². The van der Waals surface area contributed by atoms with E-state index >= 15 is 0 Å². The average molecular weight is 450 g/mol. The smallest absolute Gasteiger partial charge is 0.166 e. The molecule has 0 unspecified atom stereocenters. The Bertz CT molecular complexity index is 1180. The van der Waals surface area contributed by atoms with Crippen LogP contribution in [0.4, 0.5) is 10.2 Å². The van der Waals surface area contributed by atoms with E-state index in [1.54, 1.807) is 32.3 Å². The van der Waals surface area contributed by atoms with Crippen molar-refractivity contribution < 1.29 is 9.13 Å². The lowest BCUT2D eigenvalue weighted by atomic mass is 9.91. The number of anilines is 1. The molecule has 2 aliphatic rings. The van der Waals surface area contributed by atoms with Gasteiger partial charge in [0, 0.05) is 54.2 Å². The molecule has 0 atom stereocenters. The van der Waals surface area contributed by atoms with Crippen molar-refractivity contribution in [3.8, 4) is 5.75 Å². The van der Waals surface area contributed by atoms with Gasteiger partial charge in [0.25, 0.3) is 0 Å². The molecule has 2 aromatic rings. The van der Waals surface area contributed by atoms with Crippen LogP contribution in [0.2, 0.25) is 0 Å². The first-order valence-electron chi connectivity index (χ1n) is 10.9. The molecule has 2 bridgehead atoms. The number of nitrogens with one attached hydrogen (secondary N) is 2. The van der Waals surface area contributed by atoms with Crippen LogP contribution in [0.25, 0.3) is 0 Å². The molecule has 1 aliphatic carbocycles. The molecule has 4 rings (SSSR count). The van der Waals surface area contributed by atoms with Crippen LogP contribution >= 0.6 is 0 Å². The topological polar surface area (TPSA) is 135 Å². The molecule has 0 saturated heterocycles. The van der Waals surface area contributed by atoms with Gasteiger partial charge in [-0.1, -0.05) is 0 Å². The van der Waals surface area contributed by atoms with Gasteiger partial charge in [0.2, 0.25) is 0 Å². The Kier molecular flexibility index (Phi) is 6.39. The maximum atomic E-state index is 14.1. The highest BCUT2D eigenvalue weighted by atomic mass is 19.1. The normalized spacial score (nSPS) is 20.5. The number of hydrazone groups is 1. The van der Waals surface area contributed by atoms with Crippen LogP contribution in [0.15, 0.2) is 51.8 Å². The van der Waals surface area contributed by atoms with Gasteiger partial charge in [-0.25, -0.2) is 9.37 Å². The predicted molar refractivity (Wildman–Crippen MR) is 128 cm³/mol. The highest BCUT2D eigenvalue weighted by Gasteiger charge is 2.25. The lowest BCUT2D eigenvalue weighted by Gasteiger charge is -2.20. The first-order chi connectivity index (χ1) is 15.9. The average Bonchev–Trinajstić information content (AvgIpc) is 3.61. The van der Waals surface area contributed by atoms with Crippen molar-refractivity contribution in [3.63, 3.8) is 0 Å². The minimum absolute atomic E-state index is 0.0187. The molecule has 33 heavy (non-hydrogen) atoms. The molecular formula is C24H28FN7O. The molecule has 6 N–H and O–H groups in total. The monoisotopic (exact) mass is 449 g/mol. The zero-order valence-electron chi connectivity index (χ0n) is 18.8. The summed E-state index contributed by atoms with van der Waals surface area (Å²) in [6.45, 7) is 2.51. The number of benzene rings is 1. The van der Waals surface area contributed by atoms with Crippen LogP contribution in [0.5, 0.6) is 5.75 Å². The molecular weight excluding hydrogens is 421 g/mol. The Balaban J connectivity index is 1.91. The van der Waals surface area contributed by atoms with Crippen LogP contribution < -0.4 is 21.6 Å². The van der Waals surface area contributed by atoms with E-state index in [1.165, 1.54) is 12.1 Å². The second-order valence-electron chi connectivity index (χ2n) is 8.33. The Morgan fingerprint density at radius 3 is 2.82 bits per heavy atom. The van der Waals surface area contributed by atoms with E-state index in [-0.39, 0.29) is 24.6 Å². The SMILES string of the molecule is CN/N=C1/CC(=C(C)N)C(=NCC2CC2)c2cnc(N)c(c2)OCc2cc(F)ccc2C1=N. The number of aromatic nitrogens is 1. The van der Waals surface area contributed by atoms with Crippen molar-refractivity contribution in [2.75, 3.05) is 19.3 Å². The molecule has 2 heterocycles. The molecule has 0 spiro atoms. The van der Waals surface area contributed by atoms with Gasteiger partial charge < -0.3 is 21.6 Å². The fraction of sp³-hybridized carbons (Fsp3) is 0.333. The van der Waals surface area contributed by atoms with E-state index in [0.29, 0.717) is 46.5 Å². The summed E-state index contributed by atoms with van der Waals surface area (Å²) in [4.78, 5) is 9.21. The second kappa shape index (κ2) is 9.40. The predicted octanol–water partition coefficient (Wildman–Crippen LogP) is 3.16. The summed E-state index contributed by atoms with van der Waals surface area (Å²) in [6, 6.07) is 6.03. The van der Waals surface area contributed by atoms with Crippen LogP contribution in [-0.2, 0) is 6.61 Å². The van der Waals surface area contributed by atoms with Crippen molar-refractivity contribution in [2.45, 2.75) is 32.8 Å². The van der Waals surface area contributed by atoms with Crippen molar-refractivity contribution in [1.29, 1.82) is 5.41 Å². The minimum Gasteiger partial charge on any atom is -0.485 e. The van der Waals surface area contributed by atoms with Crippen LogP contribution in [-0.4, -0.2) is 35.7 Å². The lowest BCUT2D eigenvalue weighted by Crippen LogP contribution is -2.24. The van der Waals surface area contributed by atoms with Gasteiger partial charge in [0.1, 0.15) is 12.4 Å². The summed E-state index contributed by atoms with van der Waals surface area (Å²) < 4.78 is 20.0. The quantitative estimate of drug-likeness (QED) is 0.534. The third kappa shape index (κ3) is 5.02. The number of nitrogens with zero attached hydrogens (tertiary/aromatic N) is 3. The molecule has 0 amide bonds. The third-order valence-electron chi connectivity index (χ3n) is 5.72. The molecule has 9 heteroatoms. The van der Waals surface area contributed by atoms with E-state index in [9.17, 15) is 4.39 Å². The van der Waals surface area contributed by atoms with Gasteiger partial charge >= 0.3 is 0 Å². The summed E-state index contributed by atoms with van der Waals surface area (Å²) >= 11 is 0. The Morgan fingerprint density at radius 2 is 2.12 bits per heavy atom. The van der Waals surface area contributed by atoms with E-state index < -0.39 is 5.82 Å². The number of allylic oxidation sites excluding steroid dienone is 2. The summed E-state index contributed by atoms with van der Waals surface area (Å²) in [5, 5.41) is 13.2. The van der Waals surface area contributed by atoms with Gasteiger partial charge in [-0.15, -0.1) is 0 Å². The number of hydrogen-bond acceptors (Lipinski definition) is 8. The molecule has 172 valence electrons. The number of halogens is 1. The van der Waals surface area contributed by atoms with Gasteiger partial charge in [0.05, 0.1) is 17.1 Å². The number of nitrogens with two attached hydrogens (primary N) is 2. The molecule has 1 fully saturated rings. The Labute approximate surface area is 192 Å². The molecule has 1 aromatic carbocycles. The van der Waals surface area contributed by atoms with Gasteiger partial charge in [-0.05, 0) is 49.9 Å². The first-order valence-corrected chi connectivity index (χ1v) is 10.9. The number of aliphatic imine (C=N–C) groups is 1. The maximum absolute atomic E-state index is 14.1. The second-order valence-corrected chi connectivity index (χ2v) is 8.33. The third-order valence-corrected chi connectivity index (χ3v) is 5.72. The van der Waals surface area contributed by atoms with Crippen molar-refractivity contribution in [2.24, 2.45) is 21.7 Å². The fourth-order valence-electron chi connectivity index (χ4n) is 3.71. The zero-order chi connectivity index (χ0) is 23.5. The van der Waals surface area contributed by atoms with Crippen LogP contribution in [0, 0.1) is 17.1 Å². The number of nitrogen functional groups attached to an aromatic ring is 1. The van der Waals surface area contributed by atoms with Crippen LogP contribution in [0.1, 0.15) is 42.9 Å². The van der Waals surface area contributed by atoms with Gasteiger partial charge in [-0.2, -0.15) is 5.10 Å². The van der Waals surface area contributed by atoms with Crippen molar-refractivity contribution >= 4 is 23.0 Å². The number of fused-ring (bicyclic) bond motifs is 3. The van der Waals surface area contributed by atoms with Gasteiger partial charge in [0.15, 0.2) is 11.6 Å². The molecule has 0 radical (unpaired) electrons. The van der Waals surface area contributed by atoms with Crippen LogP contribution in [0.3, 0.4) is 0 Å². The molecule has 1 aliphatic heterocycles. The maximum Gasteiger partial charge on any atom is 0.166 e. The number of hydrogen-bond donors (Lipinski definition) is 4. The first kappa shape index (κ1) is 22.4. The van der Waals surface area contributed by atoms with Crippen molar-refractivity contribution in [1.82, 2.24) is 10.4 Å². The Hall–Kier alpha value is -3.75. The standard InChI is InChI=1S/C24H28FN7O/c1-13(26)19-9-20(32-29-2)22(27)18-6-5-17(25)7-16(18)12-33-21-8-15(11-31-24(21)28)23(19)30-10-14-3-4-14/h5-8,11,14,27,29H,3-4,9-10,12,26H2,1-2H3,(H2,28,31)/b19-13?,27-22?,30-23?,32-20-. The highest BCUT2D eigenvalue weighted by molar-refractivity contribution is 6.48.